The smallest absolute Gasteiger partial charge is 0.269 e. The number of non-ortho nitro benzene ring substituents is 1. The standard InChI is InChI=1S/C19H19N5O4S/c1-11-15-17(25)20-12(2)21-18(15)29-16(11)19(26)23-9-7-22(8-10-23)13-3-5-14(6-4-13)24(27)28/h3-6H,7-10H2,1-2H3,(H,20,21,25). The SMILES string of the molecule is Cc1nc2sc(C(=O)N3CCN(c4ccc([N+](=O)[O-])cc4)CC3)c(C)c2c(=O)[nH]1. The monoisotopic (exact) mass is 413 g/mol. The minimum Gasteiger partial charge on any atom is -0.368 e. The third-order valence-corrected chi connectivity index (χ3v) is 6.28. The van der Waals surface area contributed by atoms with Gasteiger partial charge in [0.2, 0.25) is 0 Å². The number of H-pyrrole nitrogens is 1. The number of hydrogen-bond acceptors (Lipinski definition) is 7. The molecule has 29 heavy (non-hydrogen) atoms. The molecule has 0 bridgehead atoms. The molecule has 1 saturated heterocycles. The fraction of sp³-hybridized carbons (Fsp3) is 0.316. The number of thiophene rings is 1. The summed E-state index contributed by atoms with van der Waals surface area (Å²) in [4.78, 5) is 47.7. The third kappa shape index (κ3) is 3.46. The predicted molar refractivity (Wildman–Crippen MR) is 111 cm³/mol. The molecule has 1 aromatic carbocycles. The van der Waals surface area contributed by atoms with Crippen LogP contribution in [0.25, 0.3) is 10.2 Å². The molecule has 0 saturated carbocycles. The number of carbonyl (C=O) groups is 1. The van der Waals surface area contributed by atoms with E-state index in [9.17, 15) is 19.7 Å². The molecule has 1 N–H and O–H groups in total. The van der Waals surface area contributed by atoms with E-state index >= 15 is 0 Å². The zero-order valence-electron chi connectivity index (χ0n) is 16.0. The van der Waals surface area contributed by atoms with Crippen LogP contribution in [0.4, 0.5) is 11.4 Å². The molecule has 1 amide bonds. The normalized spacial score (nSPS) is 14.4. The first-order valence-electron chi connectivity index (χ1n) is 9.14. The molecule has 0 radical (unpaired) electrons. The summed E-state index contributed by atoms with van der Waals surface area (Å²) >= 11 is 1.26. The number of rotatable bonds is 3. The molecule has 2 aromatic heterocycles. The first-order valence-corrected chi connectivity index (χ1v) is 9.95. The number of nitrogens with one attached hydrogen (secondary N) is 1. The zero-order chi connectivity index (χ0) is 20.7. The Morgan fingerprint density at radius 2 is 1.83 bits per heavy atom. The van der Waals surface area contributed by atoms with E-state index in [2.05, 4.69) is 14.9 Å². The summed E-state index contributed by atoms with van der Waals surface area (Å²) in [6.07, 6.45) is 0. The van der Waals surface area contributed by atoms with Crippen molar-refractivity contribution in [1.82, 2.24) is 14.9 Å². The lowest BCUT2D eigenvalue weighted by molar-refractivity contribution is -0.384. The van der Waals surface area contributed by atoms with Gasteiger partial charge >= 0.3 is 0 Å². The number of carbonyl (C=O) groups excluding carboxylic acids is 1. The van der Waals surface area contributed by atoms with Crippen LogP contribution < -0.4 is 10.5 Å². The second kappa shape index (κ2) is 7.28. The number of amides is 1. The highest BCUT2D eigenvalue weighted by molar-refractivity contribution is 7.20. The van der Waals surface area contributed by atoms with Crippen LogP contribution in [0, 0.1) is 24.0 Å². The first-order chi connectivity index (χ1) is 13.8. The highest BCUT2D eigenvalue weighted by atomic mass is 32.1. The molecule has 3 aromatic rings. The number of nitro groups is 1. The lowest BCUT2D eigenvalue weighted by Crippen LogP contribution is -2.48. The molecule has 0 unspecified atom stereocenters. The number of aryl methyl sites for hydroxylation is 2. The van der Waals surface area contributed by atoms with Crippen LogP contribution >= 0.6 is 11.3 Å². The topological polar surface area (TPSA) is 112 Å². The second-order valence-corrected chi connectivity index (χ2v) is 7.94. The summed E-state index contributed by atoms with van der Waals surface area (Å²) in [5.41, 5.74) is 1.40. The molecule has 9 nitrogen and oxygen atoms in total. The Labute approximate surface area is 169 Å². The average Bonchev–Trinajstić information content (AvgIpc) is 3.04. The third-order valence-electron chi connectivity index (χ3n) is 5.11. The van der Waals surface area contributed by atoms with Gasteiger partial charge in [0.05, 0.1) is 15.2 Å². The number of fused-ring (bicyclic) bond motifs is 1. The second-order valence-electron chi connectivity index (χ2n) is 6.94. The minimum absolute atomic E-state index is 0.0571. The van der Waals surface area contributed by atoms with Crippen molar-refractivity contribution >= 4 is 38.8 Å². The fourth-order valence-electron chi connectivity index (χ4n) is 3.55. The van der Waals surface area contributed by atoms with Gasteiger partial charge in [0, 0.05) is 44.0 Å². The number of nitro benzene ring substituents is 1. The highest BCUT2D eigenvalue weighted by Gasteiger charge is 2.26. The molecule has 1 aliphatic heterocycles. The quantitative estimate of drug-likeness (QED) is 0.521. The van der Waals surface area contributed by atoms with E-state index in [0.29, 0.717) is 52.7 Å². The molecule has 4 rings (SSSR count). The van der Waals surface area contributed by atoms with E-state index in [0.717, 1.165) is 5.69 Å². The van der Waals surface area contributed by atoms with Gasteiger partial charge in [-0.1, -0.05) is 0 Å². The van der Waals surface area contributed by atoms with Gasteiger partial charge in [-0.25, -0.2) is 4.98 Å². The molecule has 0 spiro atoms. The van der Waals surface area contributed by atoms with E-state index in [-0.39, 0.29) is 17.2 Å². The van der Waals surface area contributed by atoms with Crippen LogP contribution in [0.1, 0.15) is 21.1 Å². The van der Waals surface area contributed by atoms with Crippen molar-refractivity contribution < 1.29 is 9.72 Å². The molecular weight excluding hydrogens is 394 g/mol. The van der Waals surface area contributed by atoms with Crippen molar-refractivity contribution in [2.75, 3.05) is 31.1 Å². The summed E-state index contributed by atoms with van der Waals surface area (Å²) in [5, 5.41) is 11.3. The number of piperazine rings is 1. The molecular formula is C19H19N5O4S. The summed E-state index contributed by atoms with van der Waals surface area (Å²) in [6, 6.07) is 6.43. The summed E-state index contributed by atoms with van der Waals surface area (Å²) < 4.78 is 0. The number of benzene rings is 1. The van der Waals surface area contributed by atoms with Gasteiger partial charge in [-0.2, -0.15) is 0 Å². The van der Waals surface area contributed by atoms with Gasteiger partial charge in [-0.05, 0) is 31.5 Å². The number of hydrogen-bond donors (Lipinski definition) is 1. The van der Waals surface area contributed by atoms with Crippen molar-refractivity contribution in [2.24, 2.45) is 0 Å². The molecule has 0 atom stereocenters. The molecule has 150 valence electrons. The molecule has 1 aliphatic rings. The molecule has 1 fully saturated rings. The molecule has 0 aliphatic carbocycles. The molecule has 3 heterocycles. The minimum atomic E-state index is -0.421. The van der Waals surface area contributed by atoms with Crippen molar-refractivity contribution in [3.05, 3.63) is 61.0 Å². The maximum absolute atomic E-state index is 13.1. The number of aromatic amines is 1. The number of nitrogens with zero attached hydrogens (tertiary/aromatic N) is 4. The Hall–Kier alpha value is -3.27. The van der Waals surface area contributed by atoms with Crippen molar-refractivity contribution in [3.8, 4) is 0 Å². The Bertz CT molecular complexity index is 1160. The Balaban J connectivity index is 1.50. The summed E-state index contributed by atoms with van der Waals surface area (Å²) in [6.45, 7) is 5.83. The Morgan fingerprint density at radius 1 is 1.17 bits per heavy atom. The van der Waals surface area contributed by atoms with Gasteiger partial charge < -0.3 is 14.8 Å². The zero-order valence-corrected chi connectivity index (χ0v) is 16.8. The van der Waals surface area contributed by atoms with E-state index in [1.165, 1.54) is 23.5 Å². The Morgan fingerprint density at radius 3 is 2.45 bits per heavy atom. The highest BCUT2D eigenvalue weighted by Crippen LogP contribution is 2.29. The van der Waals surface area contributed by atoms with Crippen molar-refractivity contribution in [1.29, 1.82) is 0 Å². The number of aromatic nitrogens is 2. The molecule has 10 heteroatoms. The Kier molecular flexibility index (Phi) is 4.79. The van der Waals surface area contributed by atoms with Gasteiger partial charge in [-0.15, -0.1) is 11.3 Å². The predicted octanol–water partition coefficient (Wildman–Crippen LogP) is 2.47. The van der Waals surface area contributed by atoms with Crippen LogP contribution in [-0.4, -0.2) is 51.9 Å². The van der Waals surface area contributed by atoms with E-state index in [1.807, 2.05) is 0 Å². The number of anilines is 1. The summed E-state index contributed by atoms with van der Waals surface area (Å²) in [5.74, 6) is 0.436. The van der Waals surface area contributed by atoms with Gasteiger partial charge in [-0.3, -0.25) is 19.7 Å². The van der Waals surface area contributed by atoms with Crippen molar-refractivity contribution in [2.45, 2.75) is 13.8 Å². The van der Waals surface area contributed by atoms with Crippen LogP contribution in [0.3, 0.4) is 0 Å². The van der Waals surface area contributed by atoms with Crippen LogP contribution in [0.15, 0.2) is 29.1 Å². The van der Waals surface area contributed by atoms with Crippen LogP contribution in [0.5, 0.6) is 0 Å². The lowest BCUT2D eigenvalue weighted by atomic mass is 10.2. The fourth-order valence-corrected chi connectivity index (χ4v) is 4.75. The average molecular weight is 413 g/mol. The van der Waals surface area contributed by atoms with Gasteiger partial charge in [0.25, 0.3) is 17.2 Å². The largest absolute Gasteiger partial charge is 0.368 e. The maximum Gasteiger partial charge on any atom is 0.269 e. The van der Waals surface area contributed by atoms with E-state index < -0.39 is 4.92 Å². The maximum atomic E-state index is 13.1. The van der Waals surface area contributed by atoms with Gasteiger partial charge in [0.15, 0.2) is 0 Å². The first kappa shape index (κ1) is 19.1. The van der Waals surface area contributed by atoms with Crippen LogP contribution in [-0.2, 0) is 0 Å². The van der Waals surface area contributed by atoms with E-state index in [1.54, 1.807) is 30.9 Å². The summed E-state index contributed by atoms with van der Waals surface area (Å²) in [7, 11) is 0. The van der Waals surface area contributed by atoms with Crippen LogP contribution in [0.2, 0.25) is 0 Å². The van der Waals surface area contributed by atoms with Crippen molar-refractivity contribution in [3.63, 3.8) is 0 Å². The van der Waals surface area contributed by atoms with Gasteiger partial charge in [0.1, 0.15) is 10.7 Å². The lowest BCUT2D eigenvalue weighted by Gasteiger charge is -2.36. The van der Waals surface area contributed by atoms with E-state index in [4.69, 9.17) is 0 Å².